The molecule has 0 aliphatic heterocycles. The van der Waals surface area contributed by atoms with E-state index in [2.05, 4.69) is 10.5 Å². The minimum atomic E-state index is -0.777. The number of hydrogen-bond acceptors (Lipinski definition) is 4. The van der Waals surface area contributed by atoms with E-state index in [9.17, 15) is 4.79 Å². The van der Waals surface area contributed by atoms with E-state index < -0.39 is 12.0 Å². The largest absolute Gasteiger partial charge is 0.479 e. The lowest BCUT2D eigenvalue weighted by atomic mass is 10.1. The Kier molecular flexibility index (Phi) is 6.06. The summed E-state index contributed by atoms with van der Waals surface area (Å²) in [6.07, 6.45) is -0.777. The summed E-state index contributed by atoms with van der Waals surface area (Å²) in [5.74, 6) is -0.0236. The maximum absolute atomic E-state index is 12.1. The van der Waals surface area contributed by atoms with Crippen molar-refractivity contribution in [2.45, 2.75) is 20.0 Å². The SMILES string of the molecule is CC(=NNC(=O)C(C)Oc1ccc(Cl)cc1Cl)c1cccc(N)c1. The van der Waals surface area contributed by atoms with Crippen LogP contribution in [0, 0.1) is 0 Å². The number of nitrogens with zero attached hydrogens (tertiary/aromatic N) is 1. The van der Waals surface area contributed by atoms with Gasteiger partial charge in [-0.3, -0.25) is 4.79 Å². The summed E-state index contributed by atoms with van der Waals surface area (Å²) in [7, 11) is 0. The molecule has 0 saturated carbocycles. The number of halogens is 2. The molecule has 2 aromatic carbocycles. The molecule has 0 fully saturated rings. The van der Waals surface area contributed by atoms with Crippen molar-refractivity contribution in [3.8, 4) is 5.75 Å². The monoisotopic (exact) mass is 365 g/mol. The fourth-order valence-corrected chi connectivity index (χ4v) is 2.33. The molecule has 24 heavy (non-hydrogen) atoms. The zero-order chi connectivity index (χ0) is 17.7. The lowest BCUT2D eigenvalue weighted by Gasteiger charge is -2.14. The second-order valence-electron chi connectivity index (χ2n) is 5.13. The van der Waals surface area contributed by atoms with E-state index in [1.807, 2.05) is 12.1 Å². The zero-order valence-corrected chi connectivity index (χ0v) is 14.7. The van der Waals surface area contributed by atoms with Crippen LogP contribution in [-0.2, 0) is 4.79 Å². The number of nitrogen functional groups attached to an aromatic ring is 1. The standard InChI is InChI=1S/C17H17Cl2N3O2/c1-10(12-4-3-5-14(20)8-12)21-22-17(23)11(2)24-16-7-6-13(18)9-15(16)19/h3-9,11H,20H2,1-2H3,(H,22,23). The number of rotatable bonds is 5. The van der Waals surface area contributed by atoms with Crippen LogP contribution < -0.4 is 15.9 Å². The van der Waals surface area contributed by atoms with Gasteiger partial charge in [-0.05, 0) is 49.7 Å². The lowest BCUT2D eigenvalue weighted by Crippen LogP contribution is -2.34. The molecular weight excluding hydrogens is 349 g/mol. The van der Waals surface area contributed by atoms with Crippen molar-refractivity contribution in [2.24, 2.45) is 5.10 Å². The zero-order valence-electron chi connectivity index (χ0n) is 13.2. The van der Waals surface area contributed by atoms with E-state index in [0.29, 0.717) is 27.2 Å². The smallest absolute Gasteiger partial charge is 0.280 e. The molecule has 0 aromatic heterocycles. The fourth-order valence-electron chi connectivity index (χ4n) is 1.87. The molecule has 0 spiro atoms. The van der Waals surface area contributed by atoms with Gasteiger partial charge in [-0.15, -0.1) is 0 Å². The molecule has 5 nitrogen and oxygen atoms in total. The highest BCUT2D eigenvalue weighted by Crippen LogP contribution is 2.28. The summed E-state index contributed by atoms with van der Waals surface area (Å²) in [6, 6.07) is 12.0. The third-order valence-electron chi connectivity index (χ3n) is 3.21. The van der Waals surface area contributed by atoms with Crippen LogP contribution in [-0.4, -0.2) is 17.7 Å². The highest BCUT2D eigenvalue weighted by Gasteiger charge is 2.16. The second kappa shape index (κ2) is 8.04. The van der Waals surface area contributed by atoms with Crippen molar-refractivity contribution in [1.82, 2.24) is 5.43 Å². The summed E-state index contributed by atoms with van der Waals surface area (Å²) in [5, 5.41) is 4.89. The molecule has 0 aliphatic rings. The molecular formula is C17H17Cl2N3O2. The van der Waals surface area contributed by atoms with Crippen molar-refractivity contribution < 1.29 is 9.53 Å². The first-order valence-electron chi connectivity index (χ1n) is 7.18. The van der Waals surface area contributed by atoms with Gasteiger partial charge in [0.2, 0.25) is 0 Å². The number of ether oxygens (including phenoxy) is 1. The van der Waals surface area contributed by atoms with E-state index in [1.165, 1.54) is 0 Å². The predicted octanol–water partition coefficient (Wildman–Crippen LogP) is 3.88. The maximum atomic E-state index is 12.1. The number of amides is 1. The van der Waals surface area contributed by atoms with Gasteiger partial charge in [-0.1, -0.05) is 35.3 Å². The van der Waals surface area contributed by atoms with E-state index in [4.69, 9.17) is 33.7 Å². The van der Waals surface area contributed by atoms with Gasteiger partial charge in [-0.25, -0.2) is 5.43 Å². The predicted molar refractivity (Wildman–Crippen MR) is 97.8 cm³/mol. The number of carbonyl (C=O) groups is 1. The first kappa shape index (κ1) is 18.1. The quantitative estimate of drug-likeness (QED) is 0.479. The Hall–Kier alpha value is -2.24. The van der Waals surface area contributed by atoms with Crippen LogP contribution in [0.5, 0.6) is 5.75 Å². The van der Waals surface area contributed by atoms with Gasteiger partial charge in [0.15, 0.2) is 6.10 Å². The number of hydrogen-bond donors (Lipinski definition) is 2. The topological polar surface area (TPSA) is 76.7 Å². The van der Waals surface area contributed by atoms with E-state index in [0.717, 1.165) is 5.56 Å². The van der Waals surface area contributed by atoms with Gasteiger partial charge in [0.05, 0.1) is 10.7 Å². The van der Waals surface area contributed by atoms with Crippen LogP contribution in [0.1, 0.15) is 19.4 Å². The number of nitrogens with one attached hydrogen (secondary N) is 1. The summed E-state index contributed by atoms with van der Waals surface area (Å²) in [6.45, 7) is 3.38. The van der Waals surface area contributed by atoms with Gasteiger partial charge >= 0.3 is 0 Å². The molecule has 0 saturated heterocycles. The molecule has 2 aromatic rings. The molecule has 0 heterocycles. The van der Waals surface area contributed by atoms with Crippen molar-refractivity contribution >= 4 is 40.5 Å². The van der Waals surface area contributed by atoms with E-state index in [1.54, 1.807) is 44.2 Å². The molecule has 1 atom stereocenters. The summed E-state index contributed by atoms with van der Waals surface area (Å²) < 4.78 is 5.53. The van der Waals surface area contributed by atoms with Crippen LogP contribution >= 0.6 is 23.2 Å². The average Bonchev–Trinajstić information content (AvgIpc) is 2.54. The Morgan fingerprint density at radius 1 is 1.25 bits per heavy atom. The average molecular weight is 366 g/mol. The van der Waals surface area contributed by atoms with Gasteiger partial charge in [0, 0.05) is 10.7 Å². The van der Waals surface area contributed by atoms with Gasteiger partial charge in [-0.2, -0.15) is 5.10 Å². The number of anilines is 1. The van der Waals surface area contributed by atoms with Gasteiger partial charge < -0.3 is 10.5 Å². The summed E-state index contributed by atoms with van der Waals surface area (Å²) in [5.41, 5.74) is 10.3. The minimum Gasteiger partial charge on any atom is -0.479 e. The third-order valence-corrected chi connectivity index (χ3v) is 3.74. The van der Waals surface area contributed by atoms with Crippen LogP contribution in [0.25, 0.3) is 0 Å². The Labute approximate surface area is 150 Å². The third kappa shape index (κ3) is 4.88. The van der Waals surface area contributed by atoms with E-state index in [-0.39, 0.29) is 0 Å². The van der Waals surface area contributed by atoms with Crippen LogP contribution in [0.4, 0.5) is 5.69 Å². The summed E-state index contributed by atoms with van der Waals surface area (Å²) in [4.78, 5) is 12.1. The fraction of sp³-hybridized carbons (Fsp3) is 0.176. The Balaban J connectivity index is 1.99. The van der Waals surface area contributed by atoms with Gasteiger partial charge in [0.25, 0.3) is 5.91 Å². The van der Waals surface area contributed by atoms with Crippen molar-refractivity contribution in [2.75, 3.05) is 5.73 Å². The Morgan fingerprint density at radius 3 is 2.67 bits per heavy atom. The van der Waals surface area contributed by atoms with Crippen molar-refractivity contribution in [3.05, 3.63) is 58.1 Å². The number of benzene rings is 2. The highest BCUT2D eigenvalue weighted by atomic mass is 35.5. The first-order valence-corrected chi connectivity index (χ1v) is 7.94. The van der Waals surface area contributed by atoms with Crippen LogP contribution in [0.3, 0.4) is 0 Å². The minimum absolute atomic E-state index is 0.335. The van der Waals surface area contributed by atoms with Crippen LogP contribution in [0.2, 0.25) is 10.0 Å². The molecule has 1 unspecified atom stereocenters. The number of nitrogens with two attached hydrogens (primary N) is 1. The molecule has 0 radical (unpaired) electrons. The van der Waals surface area contributed by atoms with Gasteiger partial charge in [0.1, 0.15) is 5.75 Å². The summed E-state index contributed by atoms with van der Waals surface area (Å²) >= 11 is 11.8. The van der Waals surface area contributed by atoms with Crippen molar-refractivity contribution in [3.63, 3.8) is 0 Å². The number of hydrazone groups is 1. The Bertz CT molecular complexity index is 778. The Morgan fingerprint density at radius 2 is 2.00 bits per heavy atom. The maximum Gasteiger partial charge on any atom is 0.280 e. The molecule has 2 rings (SSSR count). The molecule has 7 heteroatoms. The molecule has 3 N–H and O–H groups in total. The van der Waals surface area contributed by atoms with Crippen molar-refractivity contribution in [1.29, 1.82) is 0 Å². The number of carbonyl (C=O) groups excluding carboxylic acids is 1. The highest BCUT2D eigenvalue weighted by molar-refractivity contribution is 6.35. The molecule has 0 aliphatic carbocycles. The lowest BCUT2D eigenvalue weighted by molar-refractivity contribution is -0.127. The molecule has 126 valence electrons. The molecule has 0 bridgehead atoms. The normalized spacial score (nSPS) is 12.6. The second-order valence-corrected chi connectivity index (χ2v) is 5.98. The molecule has 1 amide bonds. The first-order chi connectivity index (χ1) is 11.4. The van der Waals surface area contributed by atoms with Crippen LogP contribution in [0.15, 0.2) is 47.6 Å². The van der Waals surface area contributed by atoms with E-state index >= 15 is 0 Å².